The predicted octanol–water partition coefficient (Wildman–Crippen LogP) is 2.05. The summed E-state index contributed by atoms with van der Waals surface area (Å²) in [4.78, 5) is 32.1. The molecule has 0 bridgehead atoms. The van der Waals surface area contributed by atoms with Crippen molar-refractivity contribution in [3.05, 3.63) is 46.3 Å². The molecule has 0 atom stereocenters. The van der Waals surface area contributed by atoms with Crippen LogP contribution in [0.1, 0.15) is 48.6 Å². The molecule has 0 spiro atoms. The van der Waals surface area contributed by atoms with Crippen molar-refractivity contribution in [2.24, 2.45) is 0 Å². The summed E-state index contributed by atoms with van der Waals surface area (Å²) in [6.07, 6.45) is 0.630. The van der Waals surface area contributed by atoms with Gasteiger partial charge in [-0.2, -0.15) is 0 Å². The molecule has 1 N–H and O–H groups in total. The van der Waals surface area contributed by atoms with Crippen LogP contribution in [-0.2, 0) is 16.1 Å². The molecule has 0 unspecified atom stereocenters. The number of furan rings is 2. The Kier molecular flexibility index (Phi) is 6.94. The van der Waals surface area contributed by atoms with E-state index in [0.717, 1.165) is 0 Å². The maximum atomic E-state index is 10.9. The van der Waals surface area contributed by atoms with Crippen LogP contribution < -0.4 is 0 Å². The minimum absolute atomic E-state index is 0.0529. The first-order valence-corrected chi connectivity index (χ1v) is 6.80. The Bertz CT molecular complexity index is 723. The first-order chi connectivity index (χ1) is 11.4. The van der Waals surface area contributed by atoms with Crippen LogP contribution >= 0.6 is 0 Å². The molecule has 0 aliphatic carbocycles. The smallest absolute Gasteiger partial charge is 0.373 e. The molecule has 2 aromatic rings. The van der Waals surface area contributed by atoms with E-state index in [2.05, 4.69) is 9.47 Å². The monoisotopic (exact) mass is 338 g/mol. The molecule has 8 heteroatoms. The lowest BCUT2D eigenvalue weighted by Crippen LogP contribution is -1.98. The van der Waals surface area contributed by atoms with Gasteiger partial charge in [-0.05, 0) is 19.9 Å². The van der Waals surface area contributed by atoms with Crippen LogP contribution in [0.25, 0.3) is 0 Å². The van der Waals surface area contributed by atoms with Crippen molar-refractivity contribution in [1.82, 2.24) is 0 Å². The zero-order valence-electron chi connectivity index (χ0n) is 13.7. The average molecular weight is 338 g/mol. The van der Waals surface area contributed by atoms with Crippen LogP contribution in [0.2, 0.25) is 0 Å². The van der Waals surface area contributed by atoms with Crippen LogP contribution in [0.3, 0.4) is 0 Å². The zero-order chi connectivity index (χ0) is 18.3. The maximum Gasteiger partial charge on any atom is 0.373 e. The molecule has 0 amide bonds. The van der Waals surface area contributed by atoms with Crippen molar-refractivity contribution >= 4 is 18.2 Å². The Morgan fingerprint density at radius 2 is 1.54 bits per heavy atom. The van der Waals surface area contributed by atoms with Gasteiger partial charge in [0.1, 0.15) is 11.5 Å². The number of hydrogen-bond donors (Lipinski definition) is 1. The Morgan fingerprint density at radius 1 is 1.04 bits per heavy atom. The third kappa shape index (κ3) is 4.56. The Hall–Kier alpha value is -2.87. The van der Waals surface area contributed by atoms with E-state index in [0.29, 0.717) is 28.9 Å². The summed E-state index contributed by atoms with van der Waals surface area (Å²) in [6.45, 7) is 3.15. The number of rotatable bonds is 4. The Morgan fingerprint density at radius 3 is 1.92 bits per heavy atom. The number of aliphatic hydroxyl groups is 1. The standard InChI is InChI=1S/C8H10O4.C8H8O4/c2*1-5-6(4-9)3-7(12-5)8(10)11-2/h3,9H,4H2,1-2H3;3-4H,1-2H3. The van der Waals surface area contributed by atoms with E-state index in [1.807, 2.05) is 0 Å². The largest absolute Gasteiger partial charge is 0.463 e. The van der Waals surface area contributed by atoms with Crippen molar-refractivity contribution in [2.45, 2.75) is 20.5 Å². The van der Waals surface area contributed by atoms with Gasteiger partial charge in [-0.15, -0.1) is 0 Å². The van der Waals surface area contributed by atoms with E-state index in [-0.39, 0.29) is 18.1 Å². The van der Waals surface area contributed by atoms with Crippen molar-refractivity contribution in [1.29, 1.82) is 0 Å². The molecule has 0 aromatic carbocycles. The van der Waals surface area contributed by atoms with Gasteiger partial charge in [-0.1, -0.05) is 0 Å². The molecule has 0 aliphatic heterocycles. The average Bonchev–Trinajstić information content (AvgIpc) is 3.16. The molecular weight excluding hydrogens is 320 g/mol. The summed E-state index contributed by atoms with van der Waals surface area (Å²) in [7, 11) is 2.53. The first-order valence-electron chi connectivity index (χ1n) is 6.80. The molecule has 0 radical (unpaired) electrons. The minimum Gasteiger partial charge on any atom is -0.463 e. The van der Waals surface area contributed by atoms with Gasteiger partial charge in [0.05, 0.1) is 26.4 Å². The summed E-state index contributed by atoms with van der Waals surface area (Å²) in [5.74, 6) is 0.0310. The highest BCUT2D eigenvalue weighted by Crippen LogP contribution is 2.15. The van der Waals surface area contributed by atoms with E-state index >= 15 is 0 Å². The molecule has 8 nitrogen and oxygen atoms in total. The molecule has 0 aliphatic rings. The van der Waals surface area contributed by atoms with Gasteiger partial charge in [0, 0.05) is 11.6 Å². The number of carbonyl (C=O) groups is 3. The fraction of sp³-hybridized carbons (Fsp3) is 0.312. The van der Waals surface area contributed by atoms with Crippen LogP contribution in [0.5, 0.6) is 0 Å². The summed E-state index contributed by atoms with van der Waals surface area (Å²) in [5.41, 5.74) is 0.978. The van der Waals surface area contributed by atoms with Gasteiger partial charge in [-0.25, -0.2) is 9.59 Å². The van der Waals surface area contributed by atoms with E-state index in [4.69, 9.17) is 13.9 Å². The number of ether oxygens (including phenoxy) is 2. The van der Waals surface area contributed by atoms with Gasteiger partial charge in [0.2, 0.25) is 11.5 Å². The SMILES string of the molecule is COC(=O)c1cc(C=O)c(C)o1.COC(=O)c1cc(CO)c(C)o1. The second kappa shape index (κ2) is 8.68. The number of carbonyl (C=O) groups excluding carboxylic acids is 3. The van der Waals surface area contributed by atoms with Gasteiger partial charge in [0.15, 0.2) is 6.29 Å². The topological polar surface area (TPSA) is 116 Å². The van der Waals surface area contributed by atoms with Crippen LogP contribution in [-0.4, -0.2) is 37.6 Å². The fourth-order valence-electron chi connectivity index (χ4n) is 1.69. The summed E-state index contributed by atoms with van der Waals surface area (Å²) < 4.78 is 18.8. The normalized spacial score (nSPS) is 9.71. The number of hydrogen-bond acceptors (Lipinski definition) is 8. The Labute approximate surface area is 138 Å². The van der Waals surface area contributed by atoms with Gasteiger partial charge in [0.25, 0.3) is 0 Å². The van der Waals surface area contributed by atoms with Crippen molar-refractivity contribution < 1.29 is 37.8 Å². The highest BCUT2D eigenvalue weighted by atomic mass is 16.5. The van der Waals surface area contributed by atoms with Gasteiger partial charge < -0.3 is 23.4 Å². The molecule has 2 aromatic heterocycles. The molecule has 2 rings (SSSR count). The van der Waals surface area contributed by atoms with Crippen LogP contribution in [0.4, 0.5) is 0 Å². The second-order valence-corrected chi connectivity index (χ2v) is 4.57. The van der Waals surface area contributed by atoms with Gasteiger partial charge >= 0.3 is 11.9 Å². The van der Waals surface area contributed by atoms with Crippen LogP contribution in [0.15, 0.2) is 21.0 Å². The highest BCUT2D eigenvalue weighted by molar-refractivity contribution is 5.89. The second-order valence-electron chi connectivity index (χ2n) is 4.57. The molecule has 130 valence electrons. The molecule has 0 fully saturated rings. The molecule has 0 saturated heterocycles. The lowest BCUT2D eigenvalue weighted by atomic mass is 10.2. The lowest BCUT2D eigenvalue weighted by molar-refractivity contribution is 0.0556. The van der Waals surface area contributed by atoms with Crippen LogP contribution in [0, 0.1) is 13.8 Å². The van der Waals surface area contributed by atoms with E-state index in [1.54, 1.807) is 13.8 Å². The van der Waals surface area contributed by atoms with E-state index in [9.17, 15) is 14.4 Å². The number of esters is 2. The molecular formula is C16H18O8. The Balaban J connectivity index is 0.000000240. The highest BCUT2D eigenvalue weighted by Gasteiger charge is 2.14. The molecule has 24 heavy (non-hydrogen) atoms. The predicted molar refractivity (Wildman–Crippen MR) is 80.9 cm³/mol. The third-order valence-corrected chi connectivity index (χ3v) is 3.05. The van der Waals surface area contributed by atoms with Crippen molar-refractivity contribution in [2.75, 3.05) is 14.2 Å². The number of aryl methyl sites for hydroxylation is 2. The number of methoxy groups -OCH3 is 2. The summed E-state index contributed by atoms with van der Waals surface area (Å²) in [5, 5.41) is 8.77. The third-order valence-electron chi connectivity index (χ3n) is 3.05. The summed E-state index contributed by atoms with van der Waals surface area (Å²) >= 11 is 0. The zero-order valence-corrected chi connectivity index (χ0v) is 13.7. The van der Waals surface area contributed by atoms with Crippen molar-refractivity contribution in [3.63, 3.8) is 0 Å². The molecule has 0 saturated carbocycles. The van der Waals surface area contributed by atoms with E-state index in [1.165, 1.54) is 26.4 Å². The summed E-state index contributed by atoms with van der Waals surface area (Å²) in [6, 6.07) is 2.83. The lowest BCUT2D eigenvalue weighted by Gasteiger charge is -1.90. The minimum atomic E-state index is -0.578. The quantitative estimate of drug-likeness (QED) is 0.665. The maximum absolute atomic E-state index is 10.9. The molecule has 2 heterocycles. The van der Waals surface area contributed by atoms with Gasteiger partial charge in [-0.3, -0.25) is 4.79 Å². The number of aliphatic hydroxyl groups excluding tert-OH is 1. The van der Waals surface area contributed by atoms with E-state index < -0.39 is 11.9 Å². The number of aldehydes is 1. The first kappa shape index (κ1) is 19.2. The fourth-order valence-corrected chi connectivity index (χ4v) is 1.69. The van der Waals surface area contributed by atoms with Crippen molar-refractivity contribution in [3.8, 4) is 0 Å².